The predicted octanol–water partition coefficient (Wildman–Crippen LogP) is 2.29. The monoisotopic (exact) mass is 497 g/mol. The van der Waals surface area contributed by atoms with Crippen LogP contribution in [0.5, 0.6) is 11.5 Å². The highest BCUT2D eigenvalue weighted by molar-refractivity contribution is 7.92. The summed E-state index contributed by atoms with van der Waals surface area (Å²) >= 11 is 6.07. The molecule has 0 aliphatic heterocycles. The van der Waals surface area contributed by atoms with Gasteiger partial charge in [-0.2, -0.15) is 0 Å². The minimum Gasteiger partial charge on any atom is -0.497 e. The maximum Gasteiger partial charge on any atom is 0.244 e. The quantitative estimate of drug-likeness (QED) is 0.540. The van der Waals surface area contributed by atoms with Gasteiger partial charge in [-0.05, 0) is 36.8 Å². The molecule has 2 amide bonds. The molecule has 0 spiro atoms. The zero-order valence-corrected chi connectivity index (χ0v) is 20.7. The molecule has 0 saturated heterocycles. The molecule has 0 aliphatic rings. The van der Waals surface area contributed by atoms with E-state index in [9.17, 15) is 18.0 Å². The Morgan fingerprint density at radius 1 is 1.12 bits per heavy atom. The van der Waals surface area contributed by atoms with Gasteiger partial charge in [0, 0.05) is 24.7 Å². The number of nitrogens with zero attached hydrogens (tertiary/aromatic N) is 2. The molecule has 0 aliphatic carbocycles. The standard InChI is InChI=1S/C22H28ClN3O6S/c1-15(22(28)24-2)25(13-16-7-6-8-17(23)11-16)21(27)14-26(33(5,29)30)19-12-18(31-3)9-10-20(19)32-4/h6-12,15H,13-14H2,1-5H3,(H,24,28)/t15-/m0/s1. The maximum absolute atomic E-state index is 13.4. The largest absolute Gasteiger partial charge is 0.497 e. The van der Waals surface area contributed by atoms with Crippen LogP contribution in [-0.2, 0) is 26.2 Å². The van der Waals surface area contributed by atoms with E-state index in [1.165, 1.54) is 32.2 Å². The summed E-state index contributed by atoms with van der Waals surface area (Å²) in [6, 6.07) is 10.6. The predicted molar refractivity (Wildman–Crippen MR) is 127 cm³/mol. The van der Waals surface area contributed by atoms with Crippen molar-refractivity contribution in [2.45, 2.75) is 19.5 Å². The highest BCUT2D eigenvalue weighted by atomic mass is 35.5. The van der Waals surface area contributed by atoms with Crippen LogP contribution in [-0.4, -0.2) is 65.2 Å². The van der Waals surface area contributed by atoms with Crippen molar-refractivity contribution in [1.29, 1.82) is 0 Å². The van der Waals surface area contributed by atoms with Gasteiger partial charge in [-0.15, -0.1) is 0 Å². The highest BCUT2D eigenvalue weighted by Gasteiger charge is 2.31. The number of methoxy groups -OCH3 is 2. The summed E-state index contributed by atoms with van der Waals surface area (Å²) in [6.45, 7) is 1.07. The van der Waals surface area contributed by atoms with Crippen LogP contribution < -0.4 is 19.1 Å². The fraction of sp³-hybridized carbons (Fsp3) is 0.364. The Morgan fingerprint density at radius 2 is 1.82 bits per heavy atom. The van der Waals surface area contributed by atoms with Gasteiger partial charge >= 0.3 is 0 Å². The first kappa shape index (κ1) is 26.3. The summed E-state index contributed by atoms with van der Waals surface area (Å²) in [4.78, 5) is 27.1. The molecule has 2 rings (SSSR count). The smallest absolute Gasteiger partial charge is 0.244 e. The van der Waals surface area contributed by atoms with Crippen molar-refractivity contribution in [2.75, 3.05) is 38.4 Å². The Labute approximate surface area is 199 Å². The number of anilines is 1. The van der Waals surface area contributed by atoms with Gasteiger partial charge in [0.1, 0.15) is 24.1 Å². The molecule has 1 atom stereocenters. The zero-order valence-electron chi connectivity index (χ0n) is 19.2. The summed E-state index contributed by atoms with van der Waals surface area (Å²) in [7, 11) is 0.396. The molecule has 2 aromatic carbocycles. The first-order valence-electron chi connectivity index (χ1n) is 9.97. The lowest BCUT2D eigenvalue weighted by atomic mass is 10.1. The summed E-state index contributed by atoms with van der Waals surface area (Å²) in [5, 5.41) is 3.00. The van der Waals surface area contributed by atoms with Gasteiger partial charge in [-0.3, -0.25) is 13.9 Å². The number of likely N-dealkylation sites (N-methyl/N-ethyl adjacent to an activating group) is 1. The number of hydrogen-bond acceptors (Lipinski definition) is 6. The van der Waals surface area contributed by atoms with E-state index in [4.69, 9.17) is 21.1 Å². The first-order chi connectivity index (χ1) is 15.5. The van der Waals surface area contributed by atoms with E-state index in [1.807, 2.05) is 0 Å². The maximum atomic E-state index is 13.4. The molecule has 0 unspecified atom stereocenters. The van der Waals surface area contributed by atoms with E-state index in [1.54, 1.807) is 43.3 Å². The van der Waals surface area contributed by atoms with Crippen molar-refractivity contribution in [3.8, 4) is 11.5 Å². The average Bonchev–Trinajstić information content (AvgIpc) is 2.78. The van der Waals surface area contributed by atoms with Crippen molar-refractivity contribution < 1.29 is 27.5 Å². The second-order valence-electron chi connectivity index (χ2n) is 7.25. The normalized spacial score (nSPS) is 11.9. The Hall–Kier alpha value is -2.98. The van der Waals surface area contributed by atoms with Crippen LogP contribution in [0.4, 0.5) is 5.69 Å². The van der Waals surface area contributed by atoms with Gasteiger partial charge in [-0.25, -0.2) is 8.42 Å². The van der Waals surface area contributed by atoms with Gasteiger partial charge in [-0.1, -0.05) is 23.7 Å². The summed E-state index contributed by atoms with van der Waals surface area (Å²) in [5.41, 5.74) is 0.833. The molecule has 0 bridgehead atoms. The Kier molecular flexibility index (Phi) is 8.95. The van der Waals surface area contributed by atoms with Crippen LogP contribution in [0.25, 0.3) is 0 Å². The van der Waals surface area contributed by atoms with E-state index in [0.717, 1.165) is 10.6 Å². The second-order valence-corrected chi connectivity index (χ2v) is 9.59. The molecule has 0 aromatic heterocycles. The van der Waals surface area contributed by atoms with Gasteiger partial charge < -0.3 is 19.7 Å². The molecule has 11 heteroatoms. The summed E-state index contributed by atoms with van der Waals surface area (Å²) in [6.07, 6.45) is 0.989. The number of ether oxygens (including phenoxy) is 2. The topological polar surface area (TPSA) is 105 Å². The SMILES string of the molecule is CNC(=O)[C@H](C)N(Cc1cccc(Cl)c1)C(=O)CN(c1cc(OC)ccc1OC)S(C)(=O)=O. The Bertz CT molecular complexity index is 1110. The Balaban J connectivity index is 2.48. The first-order valence-corrected chi connectivity index (χ1v) is 12.2. The lowest BCUT2D eigenvalue weighted by molar-refractivity contribution is -0.139. The van der Waals surface area contributed by atoms with Gasteiger partial charge in [0.05, 0.1) is 26.2 Å². The highest BCUT2D eigenvalue weighted by Crippen LogP contribution is 2.34. The average molecular weight is 498 g/mol. The second kappa shape index (κ2) is 11.2. The van der Waals surface area contributed by atoms with Crippen molar-refractivity contribution >= 4 is 39.1 Å². The van der Waals surface area contributed by atoms with E-state index >= 15 is 0 Å². The molecule has 0 saturated carbocycles. The fourth-order valence-corrected chi connectivity index (χ4v) is 4.27. The molecule has 9 nitrogen and oxygen atoms in total. The van der Waals surface area contributed by atoms with E-state index in [2.05, 4.69) is 5.32 Å². The summed E-state index contributed by atoms with van der Waals surface area (Å²) < 4.78 is 36.8. The number of hydrogen-bond donors (Lipinski definition) is 1. The molecule has 33 heavy (non-hydrogen) atoms. The van der Waals surface area contributed by atoms with Crippen LogP contribution in [0.1, 0.15) is 12.5 Å². The van der Waals surface area contributed by atoms with Crippen LogP contribution in [0.15, 0.2) is 42.5 Å². The minimum atomic E-state index is -3.91. The molecular weight excluding hydrogens is 470 g/mol. The lowest BCUT2D eigenvalue weighted by Crippen LogP contribution is -2.50. The van der Waals surface area contributed by atoms with Crippen LogP contribution in [0.3, 0.4) is 0 Å². The summed E-state index contributed by atoms with van der Waals surface area (Å²) in [5.74, 6) is -0.340. The number of carbonyl (C=O) groups excluding carboxylic acids is 2. The van der Waals surface area contributed by atoms with Crippen LogP contribution in [0.2, 0.25) is 5.02 Å². The van der Waals surface area contributed by atoms with E-state index in [-0.39, 0.29) is 18.0 Å². The molecular formula is C22H28ClN3O6S. The third kappa shape index (κ3) is 6.75. The van der Waals surface area contributed by atoms with E-state index in [0.29, 0.717) is 16.3 Å². The van der Waals surface area contributed by atoms with Crippen molar-refractivity contribution in [2.24, 2.45) is 0 Å². The molecule has 180 valence electrons. The third-order valence-corrected chi connectivity index (χ3v) is 6.35. The number of rotatable bonds is 10. The zero-order chi connectivity index (χ0) is 24.8. The number of carbonyl (C=O) groups is 2. The number of nitrogens with one attached hydrogen (secondary N) is 1. The van der Waals surface area contributed by atoms with Gasteiger partial charge in [0.25, 0.3) is 0 Å². The Morgan fingerprint density at radius 3 is 2.36 bits per heavy atom. The van der Waals surface area contributed by atoms with Crippen molar-refractivity contribution in [3.63, 3.8) is 0 Å². The van der Waals surface area contributed by atoms with Gasteiger partial charge in [0.15, 0.2) is 0 Å². The number of benzene rings is 2. The lowest BCUT2D eigenvalue weighted by Gasteiger charge is -2.31. The van der Waals surface area contributed by atoms with Gasteiger partial charge in [0.2, 0.25) is 21.8 Å². The number of sulfonamides is 1. The third-order valence-electron chi connectivity index (χ3n) is 4.99. The fourth-order valence-electron chi connectivity index (χ4n) is 3.21. The molecule has 0 radical (unpaired) electrons. The number of amides is 2. The minimum absolute atomic E-state index is 0.0564. The van der Waals surface area contributed by atoms with Crippen molar-refractivity contribution in [1.82, 2.24) is 10.2 Å². The van der Waals surface area contributed by atoms with E-state index < -0.39 is 34.4 Å². The molecule has 0 heterocycles. The molecule has 1 N–H and O–H groups in total. The number of halogens is 1. The molecule has 0 fully saturated rings. The molecule has 2 aromatic rings. The van der Waals surface area contributed by atoms with Crippen LogP contribution >= 0.6 is 11.6 Å². The van der Waals surface area contributed by atoms with Crippen molar-refractivity contribution in [3.05, 3.63) is 53.1 Å². The van der Waals surface area contributed by atoms with Crippen LogP contribution in [0, 0.1) is 0 Å².